The molecule has 2 aromatic heterocycles. The van der Waals surface area contributed by atoms with E-state index in [9.17, 15) is 9.90 Å². The predicted molar refractivity (Wildman–Crippen MR) is 243 cm³/mol. The number of amides is 1. The molecule has 11 nitrogen and oxygen atoms in total. The van der Waals surface area contributed by atoms with Crippen LogP contribution in [-0.4, -0.2) is 54.2 Å². The number of hydrogen-bond acceptors (Lipinski definition) is 9. The number of ether oxygens (including phenoxy) is 2. The topological polar surface area (TPSA) is 129 Å². The fourth-order valence-electron chi connectivity index (χ4n) is 7.09. The molecule has 61 heavy (non-hydrogen) atoms. The summed E-state index contributed by atoms with van der Waals surface area (Å²) in [7, 11) is 0. The van der Waals surface area contributed by atoms with Crippen LogP contribution in [-0.2, 0) is 16.6 Å². The highest BCUT2D eigenvalue weighted by molar-refractivity contribution is 7.98. The molecular formula is C49H55N7O4S. The highest BCUT2D eigenvalue weighted by Gasteiger charge is 2.27. The molecule has 0 radical (unpaired) electrons. The maximum absolute atomic E-state index is 13.8. The minimum absolute atomic E-state index is 0.0313. The first-order valence-corrected chi connectivity index (χ1v) is 22.0. The Labute approximate surface area is 362 Å². The van der Waals surface area contributed by atoms with Crippen LogP contribution in [0, 0.1) is 6.92 Å². The number of rotatable bonds is 18. The summed E-state index contributed by atoms with van der Waals surface area (Å²) in [6.45, 7) is 16.4. The molecule has 7 aromatic rings. The lowest BCUT2D eigenvalue weighted by atomic mass is 9.76. The third-order valence-corrected chi connectivity index (χ3v) is 12.7. The minimum Gasteiger partial charge on any atom is -0.506 e. The van der Waals surface area contributed by atoms with Gasteiger partial charge in [0.25, 0.3) is 5.91 Å². The molecule has 316 valence electrons. The number of phenolic OH excluding ortho intramolecular Hbond substituents is 1. The number of carbonyl (C=O) groups excluding carboxylic acids is 1. The molecule has 0 bridgehead atoms. The standard InChI is InChI=1S/C49H55N7O4S/c1-8-48(4,5)34-26-27-42(41(30-34)49(6,7)9-2)59-29-19-18-28-50-45(58)39-31-43(37-24-16-17-25-38(37)44(39)57)60-46-40(33(3)52-55(46)35-20-12-10-13-21-35)32-61-47-51-53-54-56(47)36-22-14-11-15-23-36/h10-17,20-27,30-31,57H,8-9,18-19,28-29,32H2,1-7H3,(H,50,58). The molecule has 0 spiro atoms. The summed E-state index contributed by atoms with van der Waals surface area (Å²) in [6.07, 6.45) is 3.49. The Morgan fingerprint density at radius 3 is 2.13 bits per heavy atom. The monoisotopic (exact) mass is 837 g/mol. The molecule has 2 N–H and O–H groups in total. The number of aromatic nitrogens is 6. The largest absolute Gasteiger partial charge is 0.506 e. The number of hydrogen-bond donors (Lipinski definition) is 2. The summed E-state index contributed by atoms with van der Waals surface area (Å²) in [6, 6.07) is 35.1. The molecule has 5 aromatic carbocycles. The first-order valence-electron chi connectivity index (χ1n) is 21.0. The van der Waals surface area contributed by atoms with Crippen LogP contribution in [0.1, 0.15) is 100.0 Å². The van der Waals surface area contributed by atoms with Crippen molar-refractivity contribution >= 4 is 28.4 Å². The first-order chi connectivity index (χ1) is 29.4. The highest BCUT2D eigenvalue weighted by Crippen LogP contribution is 2.42. The number of phenols is 1. The molecule has 0 saturated carbocycles. The van der Waals surface area contributed by atoms with Gasteiger partial charge in [-0.15, -0.1) is 5.10 Å². The van der Waals surface area contributed by atoms with Gasteiger partial charge in [0.2, 0.25) is 11.0 Å². The van der Waals surface area contributed by atoms with Crippen molar-refractivity contribution in [1.82, 2.24) is 35.3 Å². The average Bonchev–Trinajstić information content (AvgIpc) is 3.88. The minimum atomic E-state index is -0.397. The molecule has 0 fully saturated rings. The molecule has 7 rings (SSSR count). The van der Waals surface area contributed by atoms with Gasteiger partial charge in [-0.05, 0) is 95.8 Å². The van der Waals surface area contributed by atoms with Gasteiger partial charge in [-0.25, -0.2) is 4.68 Å². The molecule has 1 amide bonds. The van der Waals surface area contributed by atoms with Crippen molar-refractivity contribution in [3.05, 3.63) is 137 Å². The van der Waals surface area contributed by atoms with E-state index in [-0.39, 0.29) is 22.1 Å². The van der Waals surface area contributed by atoms with Gasteiger partial charge in [0.05, 0.1) is 29.2 Å². The molecule has 12 heteroatoms. The van der Waals surface area contributed by atoms with E-state index < -0.39 is 5.91 Å². The summed E-state index contributed by atoms with van der Waals surface area (Å²) < 4.78 is 16.7. The van der Waals surface area contributed by atoms with Gasteiger partial charge in [0.1, 0.15) is 17.2 Å². The number of nitrogens with zero attached hydrogens (tertiary/aromatic N) is 6. The predicted octanol–water partition coefficient (Wildman–Crippen LogP) is 11.1. The Hall–Kier alpha value is -6.14. The zero-order valence-electron chi connectivity index (χ0n) is 36.1. The van der Waals surface area contributed by atoms with Crippen LogP contribution in [0.4, 0.5) is 0 Å². The van der Waals surface area contributed by atoms with Crippen molar-refractivity contribution < 1.29 is 19.4 Å². The average molecular weight is 838 g/mol. The van der Waals surface area contributed by atoms with E-state index in [1.54, 1.807) is 21.5 Å². The second-order valence-corrected chi connectivity index (χ2v) is 17.5. The fourth-order valence-corrected chi connectivity index (χ4v) is 8.05. The summed E-state index contributed by atoms with van der Waals surface area (Å²) in [5.41, 5.74) is 5.96. The van der Waals surface area contributed by atoms with Gasteiger partial charge in [-0.2, -0.15) is 9.78 Å². The van der Waals surface area contributed by atoms with Crippen LogP contribution in [0.5, 0.6) is 23.1 Å². The van der Waals surface area contributed by atoms with Gasteiger partial charge in [-0.3, -0.25) is 4.79 Å². The van der Waals surface area contributed by atoms with Gasteiger partial charge in [0.15, 0.2) is 0 Å². The van der Waals surface area contributed by atoms with Gasteiger partial charge in [-0.1, -0.05) is 126 Å². The molecular weight excluding hydrogens is 783 g/mol. The second-order valence-electron chi connectivity index (χ2n) is 16.5. The summed E-state index contributed by atoms with van der Waals surface area (Å²) in [5.74, 6) is 1.73. The van der Waals surface area contributed by atoms with Crippen LogP contribution in [0.15, 0.2) is 114 Å². The smallest absolute Gasteiger partial charge is 0.255 e. The molecule has 2 heterocycles. The number of fused-ring (bicyclic) bond motifs is 1. The van der Waals surface area contributed by atoms with Crippen LogP contribution in [0.3, 0.4) is 0 Å². The maximum atomic E-state index is 13.8. The van der Waals surface area contributed by atoms with Crippen molar-refractivity contribution in [2.45, 2.75) is 95.9 Å². The SMILES string of the molecule is CCC(C)(C)c1ccc(OCCCCNC(=O)c2cc(Oc3c(CSc4nnnn4-c4ccccc4)c(C)nn3-c3ccccc3)c3ccccc3c2O)c(C(C)(C)CC)c1. The lowest BCUT2D eigenvalue weighted by Gasteiger charge is -2.30. The number of nitrogens with one attached hydrogen (secondary N) is 1. The molecule has 0 saturated heterocycles. The van der Waals surface area contributed by atoms with Crippen molar-refractivity contribution in [3.8, 4) is 34.5 Å². The summed E-state index contributed by atoms with van der Waals surface area (Å²) in [5, 5.41) is 33.7. The van der Waals surface area contributed by atoms with Gasteiger partial charge in [0, 0.05) is 34.2 Å². The van der Waals surface area contributed by atoms with Crippen molar-refractivity contribution in [1.29, 1.82) is 0 Å². The Morgan fingerprint density at radius 1 is 0.787 bits per heavy atom. The number of aryl methyl sites for hydroxylation is 1. The van der Waals surface area contributed by atoms with E-state index in [4.69, 9.17) is 14.6 Å². The Balaban J connectivity index is 1.09. The van der Waals surface area contributed by atoms with E-state index in [0.29, 0.717) is 52.9 Å². The zero-order chi connectivity index (χ0) is 43.1. The van der Waals surface area contributed by atoms with Crippen molar-refractivity contribution in [3.63, 3.8) is 0 Å². The van der Waals surface area contributed by atoms with E-state index in [2.05, 4.69) is 80.6 Å². The van der Waals surface area contributed by atoms with Crippen LogP contribution >= 0.6 is 11.8 Å². The lowest BCUT2D eigenvalue weighted by Crippen LogP contribution is -2.25. The fraction of sp³-hybridized carbons (Fsp3) is 0.327. The van der Waals surface area contributed by atoms with Crippen molar-refractivity contribution in [2.75, 3.05) is 13.2 Å². The first kappa shape index (κ1) is 43.0. The van der Waals surface area contributed by atoms with Crippen LogP contribution in [0.25, 0.3) is 22.1 Å². The third kappa shape index (κ3) is 9.44. The number of carbonyl (C=O) groups is 1. The number of tetrazole rings is 1. The normalized spacial score (nSPS) is 11.9. The number of aromatic hydroxyl groups is 1. The van der Waals surface area contributed by atoms with E-state index in [1.165, 1.54) is 22.9 Å². The summed E-state index contributed by atoms with van der Waals surface area (Å²) in [4.78, 5) is 13.8. The highest BCUT2D eigenvalue weighted by atomic mass is 32.2. The van der Waals surface area contributed by atoms with E-state index in [0.717, 1.165) is 47.6 Å². The number of thioether (sulfide) groups is 1. The Morgan fingerprint density at radius 2 is 1.44 bits per heavy atom. The number of unbranched alkanes of at least 4 members (excludes halogenated alkanes) is 1. The van der Waals surface area contributed by atoms with Crippen molar-refractivity contribution in [2.24, 2.45) is 0 Å². The van der Waals surface area contributed by atoms with E-state index in [1.807, 2.05) is 85.8 Å². The quantitative estimate of drug-likeness (QED) is 0.0641. The number of benzene rings is 5. The van der Waals surface area contributed by atoms with E-state index >= 15 is 0 Å². The third-order valence-electron chi connectivity index (χ3n) is 11.7. The van der Waals surface area contributed by atoms with Gasteiger partial charge < -0.3 is 19.9 Å². The summed E-state index contributed by atoms with van der Waals surface area (Å²) >= 11 is 1.46. The zero-order valence-corrected chi connectivity index (χ0v) is 36.9. The Bertz CT molecular complexity index is 2600. The maximum Gasteiger partial charge on any atom is 0.255 e. The van der Waals surface area contributed by atoms with Crippen LogP contribution < -0.4 is 14.8 Å². The second kappa shape index (κ2) is 18.6. The molecule has 0 unspecified atom stereocenters. The van der Waals surface area contributed by atoms with Crippen LogP contribution in [0.2, 0.25) is 0 Å². The number of para-hydroxylation sites is 2. The molecule has 0 aliphatic carbocycles. The lowest BCUT2D eigenvalue weighted by molar-refractivity contribution is 0.0949. The van der Waals surface area contributed by atoms with Gasteiger partial charge >= 0.3 is 0 Å². The molecule has 0 aliphatic heterocycles. The Kier molecular flexibility index (Phi) is 13.1. The molecule has 0 aliphatic rings. The molecule has 0 atom stereocenters.